The van der Waals surface area contributed by atoms with Crippen molar-refractivity contribution in [3.8, 4) is 0 Å². The number of rotatable bonds is 4. The molecule has 1 amide bonds. The number of amides is 1. The lowest BCUT2D eigenvalue weighted by atomic mass is 9.67. The first-order chi connectivity index (χ1) is 13.9. The van der Waals surface area contributed by atoms with Crippen LogP contribution in [-0.4, -0.2) is 39.1 Å². The average molecular weight is 475 g/mol. The van der Waals surface area contributed by atoms with Crippen molar-refractivity contribution in [1.82, 2.24) is 4.98 Å². The maximum Gasteiger partial charge on any atom is 0.309 e. The van der Waals surface area contributed by atoms with E-state index in [1.54, 1.807) is 6.92 Å². The number of thioether (sulfide) groups is 2. The van der Waals surface area contributed by atoms with Crippen LogP contribution in [-0.2, 0) is 14.3 Å². The standard InChI is InChI=1S/C20H24Cl2N2O3S2/c1-11-15(21)9-23-18(17(11)22)24-16(25)10-27-19(26)12-7-13-3-2-4-14(8-12)20(13)28-5-6-29-20/h9,12-14H,2-8,10H2,1H3,(H,23,24,25). The molecule has 1 aliphatic heterocycles. The number of aromatic nitrogens is 1. The highest BCUT2D eigenvalue weighted by molar-refractivity contribution is 8.21. The van der Waals surface area contributed by atoms with E-state index in [-0.39, 0.29) is 29.3 Å². The number of carbonyl (C=O) groups excluding carboxylic acids is 2. The zero-order chi connectivity index (χ0) is 20.6. The molecule has 2 unspecified atom stereocenters. The van der Waals surface area contributed by atoms with E-state index in [9.17, 15) is 9.59 Å². The summed E-state index contributed by atoms with van der Waals surface area (Å²) >= 11 is 16.4. The number of nitrogens with zero attached hydrogens (tertiary/aromatic N) is 1. The van der Waals surface area contributed by atoms with Gasteiger partial charge in [0.05, 0.1) is 20.0 Å². The minimum absolute atomic E-state index is 0.106. The van der Waals surface area contributed by atoms with Gasteiger partial charge in [0, 0.05) is 17.7 Å². The van der Waals surface area contributed by atoms with Gasteiger partial charge in [-0.15, -0.1) is 23.5 Å². The second-order valence-corrected chi connectivity index (χ2v) is 11.7. The predicted octanol–water partition coefficient (Wildman–Crippen LogP) is 5.18. The van der Waals surface area contributed by atoms with Crippen molar-refractivity contribution in [1.29, 1.82) is 0 Å². The Morgan fingerprint density at radius 3 is 2.55 bits per heavy atom. The number of pyridine rings is 1. The molecule has 3 fully saturated rings. The van der Waals surface area contributed by atoms with E-state index in [0.29, 0.717) is 26.5 Å². The number of hydrogen-bond acceptors (Lipinski definition) is 6. The maximum atomic E-state index is 12.7. The van der Waals surface area contributed by atoms with Crippen molar-refractivity contribution in [2.24, 2.45) is 17.8 Å². The van der Waals surface area contributed by atoms with Gasteiger partial charge in [-0.25, -0.2) is 4.98 Å². The quantitative estimate of drug-likeness (QED) is 0.606. The molecule has 2 atom stereocenters. The summed E-state index contributed by atoms with van der Waals surface area (Å²) in [4.78, 5) is 28.9. The molecule has 9 heteroatoms. The Labute approximate surface area is 189 Å². The van der Waals surface area contributed by atoms with E-state index in [0.717, 1.165) is 12.8 Å². The van der Waals surface area contributed by atoms with Gasteiger partial charge in [0.2, 0.25) is 0 Å². The molecule has 3 aliphatic rings. The van der Waals surface area contributed by atoms with Crippen LogP contribution in [0.4, 0.5) is 5.82 Å². The van der Waals surface area contributed by atoms with Crippen LogP contribution in [0.25, 0.3) is 0 Å². The van der Waals surface area contributed by atoms with E-state index in [4.69, 9.17) is 27.9 Å². The Hall–Kier alpha value is -0.630. The van der Waals surface area contributed by atoms with Crippen molar-refractivity contribution in [3.05, 3.63) is 21.8 Å². The highest BCUT2D eigenvalue weighted by Gasteiger charge is 2.55. The van der Waals surface area contributed by atoms with Crippen LogP contribution in [0, 0.1) is 24.7 Å². The van der Waals surface area contributed by atoms with E-state index in [1.807, 2.05) is 0 Å². The maximum absolute atomic E-state index is 12.7. The highest BCUT2D eigenvalue weighted by atomic mass is 35.5. The average Bonchev–Trinajstić information content (AvgIpc) is 3.16. The molecule has 1 saturated heterocycles. The molecule has 2 saturated carbocycles. The molecular formula is C20H24Cl2N2O3S2. The molecule has 1 aromatic rings. The Kier molecular flexibility index (Phi) is 6.59. The first-order valence-corrected chi connectivity index (χ1v) is 12.7. The van der Waals surface area contributed by atoms with Gasteiger partial charge >= 0.3 is 5.97 Å². The van der Waals surface area contributed by atoms with Crippen molar-refractivity contribution >= 4 is 64.4 Å². The fourth-order valence-electron chi connectivity index (χ4n) is 4.87. The number of anilines is 1. The third-order valence-corrected chi connectivity index (χ3v) is 11.1. The van der Waals surface area contributed by atoms with Crippen LogP contribution in [0.2, 0.25) is 10.0 Å². The van der Waals surface area contributed by atoms with Gasteiger partial charge in [-0.3, -0.25) is 9.59 Å². The lowest BCUT2D eigenvalue weighted by Crippen LogP contribution is -2.48. The fourth-order valence-corrected chi connectivity index (χ4v) is 9.20. The summed E-state index contributed by atoms with van der Waals surface area (Å²) < 4.78 is 5.68. The van der Waals surface area contributed by atoms with E-state index in [1.165, 1.54) is 37.0 Å². The monoisotopic (exact) mass is 474 g/mol. The van der Waals surface area contributed by atoms with Gasteiger partial charge in [0.1, 0.15) is 0 Å². The minimum atomic E-state index is -0.455. The van der Waals surface area contributed by atoms with Crippen LogP contribution < -0.4 is 5.32 Å². The van der Waals surface area contributed by atoms with Gasteiger partial charge in [-0.05, 0) is 50.0 Å². The molecule has 1 N–H and O–H groups in total. The first-order valence-electron chi connectivity index (χ1n) is 9.95. The molecule has 1 spiro atoms. The lowest BCUT2D eigenvalue weighted by Gasteiger charge is -2.51. The Bertz CT molecular complexity index is 801. The molecule has 158 valence electrons. The number of nitrogens with one attached hydrogen (secondary N) is 1. The molecule has 2 heterocycles. The van der Waals surface area contributed by atoms with Gasteiger partial charge < -0.3 is 10.1 Å². The van der Waals surface area contributed by atoms with Crippen molar-refractivity contribution in [2.75, 3.05) is 23.4 Å². The Balaban J connectivity index is 1.32. The number of hydrogen-bond donors (Lipinski definition) is 1. The zero-order valence-electron chi connectivity index (χ0n) is 16.2. The SMILES string of the molecule is Cc1c(Cl)cnc(NC(=O)COC(=O)C2CC3CCCC(C2)C32SCCS2)c1Cl. The van der Waals surface area contributed by atoms with Crippen LogP contribution in [0.3, 0.4) is 0 Å². The van der Waals surface area contributed by atoms with E-state index >= 15 is 0 Å². The molecule has 5 nitrogen and oxygen atoms in total. The van der Waals surface area contributed by atoms with Crippen molar-refractivity contribution < 1.29 is 14.3 Å². The Morgan fingerprint density at radius 1 is 1.24 bits per heavy atom. The number of esters is 1. The second kappa shape index (κ2) is 8.85. The summed E-state index contributed by atoms with van der Waals surface area (Å²) in [7, 11) is 0. The topological polar surface area (TPSA) is 68.3 Å². The van der Waals surface area contributed by atoms with Gasteiger partial charge in [-0.1, -0.05) is 29.6 Å². The molecule has 29 heavy (non-hydrogen) atoms. The van der Waals surface area contributed by atoms with Crippen LogP contribution >= 0.6 is 46.7 Å². The van der Waals surface area contributed by atoms with Crippen LogP contribution in [0.5, 0.6) is 0 Å². The Morgan fingerprint density at radius 2 is 1.90 bits per heavy atom. The van der Waals surface area contributed by atoms with Crippen LogP contribution in [0.1, 0.15) is 37.7 Å². The first kappa shape index (κ1) is 21.6. The van der Waals surface area contributed by atoms with E-state index in [2.05, 4.69) is 33.8 Å². The second-order valence-electron chi connectivity index (χ2n) is 7.96. The smallest absolute Gasteiger partial charge is 0.309 e. The largest absolute Gasteiger partial charge is 0.455 e. The molecular weight excluding hydrogens is 451 g/mol. The summed E-state index contributed by atoms with van der Waals surface area (Å²) in [5.41, 5.74) is 0.640. The van der Waals surface area contributed by atoms with Gasteiger partial charge in [0.15, 0.2) is 12.4 Å². The normalized spacial score (nSPS) is 27.6. The summed E-state index contributed by atoms with van der Waals surface area (Å²) in [6.07, 6.45) is 6.83. The van der Waals surface area contributed by atoms with Gasteiger partial charge in [-0.2, -0.15) is 0 Å². The number of ether oxygens (including phenoxy) is 1. The zero-order valence-corrected chi connectivity index (χ0v) is 19.4. The fraction of sp³-hybridized carbons (Fsp3) is 0.650. The van der Waals surface area contributed by atoms with Crippen molar-refractivity contribution in [3.63, 3.8) is 0 Å². The number of halogens is 2. The molecule has 0 aromatic carbocycles. The molecule has 0 radical (unpaired) electrons. The molecule has 2 aliphatic carbocycles. The molecule has 1 aromatic heterocycles. The summed E-state index contributed by atoms with van der Waals surface area (Å²) in [5.74, 6) is 2.97. The third-order valence-electron chi connectivity index (χ3n) is 6.26. The highest BCUT2D eigenvalue weighted by Crippen LogP contribution is 2.64. The number of carbonyl (C=O) groups is 2. The van der Waals surface area contributed by atoms with Crippen molar-refractivity contribution in [2.45, 2.75) is 43.1 Å². The molecule has 4 rings (SSSR count). The summed E-state index contributed by atoms with van der Waals surface area (Å²) in [6, 6.07) is 0. The van der Waals surface area contributed by atoms with E-state index < -0.39 is 5.91 Å². The van der Waals surface area contributed by atoms with Crippen LogP contribution in [0.15, 0.2) is 6.20 Å². The lowest BCUT2D eigenvalue weighted by molar-refractivity contribution is -0.154. The van der Waals surface area contributed by atoms with Gasteiger partial charge in [0.25, 0.3) is 5.91 Å². The summed E-state index contributed by atoms with van der Waals surface area (Å²) in [5, 5.41) is 3.31. The predicted molar refractivity (Wildman–Crippen MR) is 120 cm³/mol. The third kappa shape index (κ3) is 4.25. The molecule has 2 bridgehead atoms. The summed E-state index contributed by atoms with van der Waals surface area (Å²) in [6.45, 7) is 1.41. The minimum Gasteiger partial charge on any atom is -0.455 e.